The first-order chi connectivity index (χ1) is 1.73. The molecule has 0 aliphatic rings. The predicted molar refractivity (Wildman–Crippen MR) is 40.1 cm³/mol. The van der Waals surface area contributed by atoms with Gasteiger partial charge in [-0.05, 0) is 0 Å². The summed E-state index contributed by atoms with van der Waals surface area (Å²) >= 11 is 0. The summed E-state index contributed by atoms with van der Waals surface area (Å²) in [7, 11) is -3.13. The van der Waals surface area contributed by atoms with Gasteiger partial charge in [-0.15, -0.1) is 0 Å². The van der Waals surface area contributed by atoms with Crippen LogP contribution < -0.4 is 0 Å². The number of hydrogen-bond acceptors (Lipinski definition) is 1. The topological polar surface area (TPSA) is 89.0 Å². The van der Waals surface area contributed by atoms with Crippen molar-refractivity contribution in [3.8, 4) is 0 Å². The average Bonchev–Trinajstić information content (AvgIpc) is 0.811. The zero-order chi connectivity index (χ0) is 3.58. The van der Waals surface area contributed by atoms with E-state index in [1.165, 1.54) is 0 Å². The quantitative estimate of drug-likeness (QED) is 0.439. The van der Waals surface area contributed by atoms with E-state index in [1.54, 1.807) is 0 Å². The van der Waals surface area contributed by atoms with Gasteiger partial charge in [0.2, 0.25) is 0 Å². The summed E-state index contributed by atoms with van der Waals surface area (Å²) in [4.78, 5) is 14.3. The van der Waals surface area contributed by atoms with E-state index in [9.17, 15) is 0 Å². The zero-order valence-electron chi connectivity index (χ0n) is 2.30. The van der Waals surface area contributed by atoms with E-state index in [-0.39, 0.29) is 123 Å². The van der Waals surface area contributed by atoms with Crippen LogP contribution in [-0.2, 0) is 4.46 Å². The molecule has 0 aliphatic carbocycles. The summed E-state index contributed by atoms with van der Waals surface area (Å²) in [6, 6.07) is 0. The van der Waals surface area contributed by atoms with Crippen LogP contribution in [0.5, 0.6) is 0 Å². The first-order valence-corrected chi connectivity index (χ1v) is 1.95. The molecule has 0 unspecified atom stereocenters. The zero-order valence-corrected chi connectivity index (χ0v) is 3.30. The minimum absolute atomic E-state index is 0. The van der Waals surface area contributed by atoms with E-state index < -0.39 is 9.17 Å². The van der Waals surface area contributed by atoms with E-state index in [0.717, 1.165) is 0 Å². The van der Waals surface area contributed by atoms with Crippen LogP contribution in [-0.4, -0.2) is 142 Å². The van der Waals surface area contributed by atoms with Crippen molar-refractivity contribution in [3.63, 3.8) is 0 Å². The average molecular weight is 306 g/mol. The Labute approximate surface area is 142 Å². The standard InChI is InChI=1S/Al.Ba.K.H2O3Si.H2O.6H/c;;;1-4(2)3;;;;;;;/h;;;1-2H;1H2;;;;;;. The molecule has 0 aromatic rings. The van der Waals surface area contributed by atoms with Gasteiger partial charge in [0.05, 0.1) is 0 Å². The van der Waals surface area contributed by atoms with Crippen molar-refractivity contribution < 1.29 is 19.5 Å². The molecule has 4 nitrogen and oxygen atoms in total. The third-order valence-electron chi connectivity index (χ3n) is 0. The van der Waals surface area contributed by atoms with Crippen LogP contribution in [0.1, 0.15) is 0 Å². The Balaban J connectivity index is -0.00000000750. The van der Waals surface area contributed by atoms with Crippen LogP contribution in [0.15, 0.2) is 0 Å². The van der Waals surface area contributed by atoms with Gasteiger partial charge in [-0.1, -0.05) is 0 Å². The first kappa shape index (κ1) is 30.2. The summed E-state index contributed by atoms with van der Waals surface area (Å²) in [5, 5.41) is 0. The molecular weight excluding hydrogens is 295 g/mol. The molecule has 0 aromatic carbocycles. The van der Waals surface area contributed by atoms with Crippen LogP contribution in [0.25, 0.3) is 0 Å². The Bertz CT molecular complexity index is 39.0. The molecule has 0 aromatic heterocycles. The van der Waals surface area contributed by atoms with Crippen LogP contribution in [0.4, 0.5) is 0 Å². The fourth-order valence-corrected chi connectivity index (χ4v) is 0. The van der Waals surface area contributed by atoms with Gasteiger partial charge >= 0.3 is 109 Å². The fourth-order valence-electron chi connectivity index (χ4n) is 0. The first-order valence-electron chi connectivity index (χ1n) is 0.651. The van der Waals surface area contributed by atoms with E-state index in [4.69, 9.17) is 14.1 Å². The van der Waals surface area contributed by atoms with Gasteiger partial charge < -0.3 is 15.1 Å². The molecule has 0 aliphatic heterocycles. The molecule has 8 heavy (non-hydrogen) atoms. The molecule has 0 fully saturated rings. The Hall–Kier alpha value is 3.32. The molecule has 0 heterocycles. The summed E-state index contributed by atoms with van der Waals surface area (Å²) in [5.41, 5.74) is 0. The molecule has 0 saturated heterocycles. The molecule has 0 radical (unpaired) electrons. The molecular formula is H10AlBaKO4Si. The third kappa shape index (κ3) is 58.6. The van der Waals surface area contributed by atoms with Crippen molar-refractivity contribution in [1.82, 2.24) is 0 Å². The Kier molecular flexibility index (Phi) is 84.7. The Morgan fingerprint density at radius 3 is 1.25 bits per heavy atom. The van der Waals surface area contributed by atoms with Crippen LogP contribution >= 0.6 is 0 Å². The van der Waals surface area contributed by atoms with Crippen molar-refractivity contribution in [3.05, 3.63) is 0 Å². The van der Waals surface area contributed by atoms with Gasteiger partial charge in [0.1, 0.15) is 0 Å². The maximum atomic E-state index is 8.74. The van der Waals surface area contributed by atoms with Gasteiger partial charge in [0, 0.05) is 0 Å². The van der Waals surface area contributed by atoms with Crippen molar-refractivity contribution in [2.24, 2.45) is 0 Å². The SMILES string of the molecule is O.O=[Si](O)O.[AlH3].[BaH2].[KH]. The van der Waals surface area contributed by atoms with Crippen molar-refractivity contribution in [2.45, 2.75) is 0 Å². The van der Waals surface area contributed by atoms with Crippen LogP contribution in [0.2, 0.25) is 0 Å². The second-order valence-corrected chi connectivity index (χ2v) is 0.848. The number of rotatable bonds is 0. The predicted octanol–water partition coefficient (Wildman–Crippen LogP) is -5.19. The van der Waals surface area contributed by atoms with Crippen LogP contribution in [0, 0.1) is 0 Å². The number of hydrogen-bond donors (Lipinski definition) is 2. The Morgan fingerprint density at radius 2 is 1.25 bits per heavy atom. The van der Waals surface area contributed by atoms with E-state index in [0.29, 0.717) is 0 Å². The van der Waals surface area contributed by atoms with E-state index >= 15 is 0 Å². The summed E-state index contributed by atoms with van der Waals surface area (Å²) in [5.74, 6) is 0. The monoisotopic (exact) mass is 306 g/mol. The molecule has 0 saturated carbocycles. The molecule has 0 amide bonds. The normalized spacial score (nSPS) is 3.00. The summed E-state index contributed by atoms with van der Waals surface area (Å²) in [6.45, 7) is 0. The molecule has 0 spiro atoms. The van der Waals surface area contributed by atoms with Gasteiger partial charge in [0.25, 0.3) is 0 Å². The van der Waals surface area contributed by atoms with Crippen LogP contribution in [0.3, 0.4) is 0 Å². The van der Waals surface area contributed by atoms with Gasteiger partial charge in [-0.25, -0.2) is 0 Å². The van der Waals surface area contributed by atoms with E-state index in [1.807, 2.05) is 0 Å². The fraction of sp³-hybridized carbons (Fsp3) is 0. The molecule has 44 valence electrons. The third-order valence-corrected chi connectivity index (χ3v) is 0. The molecule has 0 bridgehead atoms. The van der Waals surface area contributed by atoms with Gasteiger partial charge in [-0.2, -0.15) is 0 Å². The van der Waals surface area contributed by atoms with Gasteiger partial charge in [0.15, 0.2) is 17.4 Å². The van der Waals surface area contributed by atoms with Crippen molar-refractivity contribution in [1.29, 1.82) is 0 Å². The van der Waals surface area contributed by atoms with E-state index in [2.05, 4.69) is 0 Å². The second-order valence-electron chi connectivity index (χ2n) is 0.283. The van der Waals surface area contributed by atoms with Crippen molar-refractivity contribution in [2.75, 3.05) is 0 Å². The van der Waals surface area contributed by atoms with Crippen molar-refractivity contribution >= 4 is 127 Å². The molecule has 8 heteroatoms. The molecule has 0 rings (SSSR count). The molecule has 0 atom stereocenters. The Morgan fingerprint density at radius 1 is 1.25 bits per heavy atom. The minimum atomic E-state index is -3.13. The summed E-state index contributed by atoms with van der Waals surface area (Å²) < 4.78 is 8.74. The molecule has 4 N–H and O–H groups in total. The maximum absolute atomic E-state index is 8.74. The summed E-state index contributed by atoms with van der Waals surface area (Å²) in [6.07, 6.45) is 0. The second kappa shape index (κ2) is 22.4. The van der Waals surface area contributed by atoms with Gasteiger partial charge in [-0.3, -0.25) is 4.46 Å².